The molecule has 0 aromatic carbocycles. The van der Waals surface area contributed by atoms with Gasteiger partial charge in [-0.15, -0.1) is 0 Å². The second-order valence-corrected chi connectivity index (χ2v) is 4.94. The van der Waals surface area contributed by atoms with E-state index in [9.17, 15) is 14.4 Å². The smallest absolute Gasteiger partial charge is 0.328 e. The van der Waals surface area contributed by atoms with Crippen molar-refractivity contribution in [2.45, 2.75) is 39.2 Å². The maximum absolute atomic E-state index is 12.1. The minimum absolute atomic E-state index is 0.0272. The first-order chi connectivity index (χ1) is 10.0. The number of carbonyl (C=O) groups is 3. The molecule has 1 fully saturated rings. The van der Waals surface area contributed by atoms with Crippen molar-refractivity contribution in [3.63, 3.8) is 0 Å². The Bertz CT molecular complexity index is 382. The lowest BCUT2D eigenvalue weighted by atomic mass is 10.1. The number of amides is 2. The standard InChI is InChI=1S/C14H24N2O5/c1-3-15(4-2)12(17)6-5-7-13(18)16-8-9-21-10-11(16)14(19)20/h11H,3-10H2,1-2H3,(H,19,20). The molecule has 0 bridgehead atoms. The highest BCUT2D eigenvalue weighted by atomic mass is 16.5. The Morgan fingerprint density at radius 2 is 1.90 bits per heavy atom. The molecule has 21 heavy (non-hydrogen) atoms. The maximum atomic E-state index is 12.1. The summed E-state index contributed by atoms with van der Waals surface area (Å²) in [6.45, 7) is 5.82. The van der Waals surface area contributed by atoms with Gasteiger partial charge in [0.1, 0.15) is 0 Å². The van der Waals surface area contributed by atoms with Gasteiger partial charge in [0, 0.05) is 32.5 Å². The molecule has 1 atom stereocenters. The number of nitrogens with zero attached hydrogens (tertiary/aromatic N) is 2. The number of rotatable bonds is 7. The average molecular weight is 300 g/mol. The van der Waals surface area contributed by atoms with E-state index in [1.165, 1.54) is 4.90 Å². The van der Waals surface area contributed by atoms with Gasteiger partial charge in [0.25, 0.3) is 0 Å². The quantitative estimate of drug-likeness (QED) is 0.732. The van der Waals surface area contributed by atoms with E-state index >= 15 is 0 Å². The summed E-state index contributed by atoms with van der Waals surface area (Å²) >= 11 is 0. The molecule has 120 valence electrons. The predicted octanol–water partition coefficient (Wildman–Crippen LogP) is 0.337. The zero-order valence-corrected chi connectivity index (χ0v) is 12.7. The molecular formula is C14H24N2O5. The van der Waals surface area contributed by atoms with E-state index < -0.39 is 12.0 Å². The normalized spacial score (nSPS) is 18.4. The van der Waals surface area contributed by atoms with Crippen LogP contribution in [0.1, 0.15) is 33.1 Å². The number of carboxylic acids is 1. The number of hydrogen-bond donors (Lipinski definition) is 1. The van der Waals surface area contributed by atoms with Gasteiger partial charge in [0.15, 0.2) is 6.04 Å². The molecule has 1 heterocycles. The topological polar surface area (TPSA) is 87.2 Å². The molecule has 0 radical (unpaired) electrons. The summed E-state index contributed by atoms with van der Waals surface area (Å²) < 4.78 is 5.09. The fraction of sp³-hybridized carbons (Fsp3) is 0.786. The van der Waals surface area contributed by atoms with Crippen molar-refractivity contribution in [2.24, 2.45) is 0 Å². The van der Waals surface area contributed by atoms with Crippen molar-refractivity contribution in [2.75, 3.05) is 32.8 Å². The first-order valence-electron chi connectivity index (χ1n) is 7.39. The van der Waals surface area contributed by atoms with Crippen molar-refractivity contribution in [1.29, 1.82) is 0 Å². The SMILES string of the molecule is CCN(CC)C(=O)CCCC(=O)N1CCOCC1C(=O)O. The van der Waals surface area contributed by atoms with Crippen LogP contribution < -0.4 is 0 Å². The Kier molecular flexibility index (Phi) is 7.14. The van der Waals surface area contributed by atoms with Gasteiger partial charge in [-0.05, 0) is 20.3 Å². The number of carbonyl (C=O) groups excluding carboxylic acids is 2. The molecule has 1 N–H and O–H groups in total. The van der Waals surface area contributed by atoms with Gasteiger partial charge in [-0.1, -0.05) is 0 Å². The molecule has 0 aliphatic carbocycles. The van der Waals surface area contributed by atoms with E-state index in [2.05, 4.69) is 0 Å². The summed E-state index contributed by atoms with van der Waals surface area (Å²) in [7, 11) is 0. The maximum Gasteiger partial charge on any atom is 0.328 e. The third kappa shape index (κ3) is 5.00. The molecule has 1 rings (SSSR count). The van der Waals surface area contributed by atoms with E-state index in [-0.39, 0.29) is 24.8 Å². The first-order valence-corrected chi connectivity index (χ1v) is 7.39. The van der Waals surface area contributed by atoms with Crippen molar-refractivity contribution >= 4 is 17.8 Å². The van der Waals surface area contributed by atoms with Crippen LogP contribution >= 0.6 is 0 Å². The van der Waals surface area contributed by atoms with Gasteiger partial charge < -0.3 is 19.6 Å². The third-order valence-electron chi connectivity index (χ3n) is 3.63. The van der Waals surface area contributed by atoms with Crippen LogP contribution in [0.4, 0.5) is 0 Å². The van der Waals surface area contributed by atoms with Crippen LogP contribution in [-0.4, -0.2) is 71.6 Å². The van der Waals surface area contributed by atoms with E-state index in [4.69, 9.17) is 9.84 Å². The molecule has 1 saturated heterocycles. The number of ether oxygens (including phenoxy) is 1. The highest BCUT2D eigenvalue weighted by Gasteiger charge is 2.32. The van der Waals surface area contributed by atoms with Crippen LogP contribution in [0.2, 0.25) is 0 Å². The zero-order valence-electron chi connectivity index (χ0n) is 12.7. The van der Waals surface area contributed by atoms with E-state index in [0.717, 1.165) is 0 Å². The summed E-state index contributed by atoms with van der Waals surface area (Å²) in [4.78, 5) is 38.1. The zero-order chi connectivity index (χ0) is 15.8. The summed E-state index contributed by atoms with van der Waals surface area (Å²) in [5.41, 5.74) is 0. The molecule has 1 aliphatic heterocycles. The molecule has 0 aromatic heterocycles. The van der Waals surface area contributed by atoms with E-state index in [0.29, 0.717) is 39.1 Å². The highest BCUT2D eigenvalue weighted by molar-refractivity contribution is 5.84. The van der Waals surface area contributed by atoms with Crippen molar-refractivity contribution in [3.05, 3.63) is 0 Å². The summed E-state index contributed by atoms with van der Waals surface area (Å²) in [6.07, 6.45) is 0.949. The number of morpholine rings is 1. The lowest BCUT2D eigenvalue weighted by Crippen LogP contribution is -2.52. The van der Waals surface area contributed by atoms with Crippen LogP contribution in [0.3, 0.4) is 0 Å². The third-order valence-corrected chi connectivity index (χ3v) is 3.63. The minimum Gasteiger partial charge on any atom is -0.480 e. The van der Waals surface area contributed by atoms with Crippen LogP contribution in [0.15, 0.2) is 0 Å². The Balaban J connectivity index is 2.42. The number of aliphatic carboxylic acids is 1. The average Bonchev–Trinajstić information content (AvgIpc) is 2.48. The van der Waals surface area contributed by atoms with E-state index in [1.807, 2.05) is 13.8 Å². The fourth-order valence-corrected chi connectivity index (χ4v) is 2.38. The highest BCUT2D eigenvalue weighted by Crippen LogP contribution is 2.11. The first kappa shape index (κ1) is 17.4. The van der Waals surface area contributed by atoms with Gasteiger partial charge in [0.05, 0.1) is 13.2 Å². The molecule has 0 spiro atoms. The molecule has 1 aliphatic rings. The molecular weight excluding hydrogens is 276 g/mol. The van der Waals surface area contributed by atoms with E-state index in [1.54, 1.807) is 4.90 Å². The molecule has 0 saturated carbocycles. The van der Waals surface area contributed by atoms with Crippen LogP contribution in [-0.2, 0) is 19.1 Å². The molecule has 7 nitrogen and oxygen atoms in total. The molecule has 1 unspecified atom stereocenters. The van der Waals surface area contributed by atoms with Gasteiger partial charge in [-0.2, -0.15) is 0 Å². The summed E-state index contributed by atoms with van der Waals surface area (Å²) in [5.74, 6) is -1.25. The van der Waals surface area contributed by atoms with Gasteiger partial charge in [-0.3, -0.25) is 9.59 Å². The van der Waals surface area contributed by atoms with Gasteiger partial charge in [0.2, 0.25) is 11.8 Å². The van der Waals surface area contributed by atoms with Crippen molar-refractivity contribution < 1.29 is 24.2 Å². The van der Waals surface area contributed by atoms with Crippen LogP contribution in [0.5, 0.6) is 0 Å². The fourth-order valence-electron chi connectivity index (χ4n) is 2.38. The lowest BCUT2D eigenvalue weighted by molar-refractivity contribution is -0.158. The number of carboxylic acid groups (broad SMARTS) is 1. The largest absolute Gasteiger partial charge is 0.480 e. The monoisotopic (exact) mass is 300 g/mol. The Morgan fingerprint density at radius 3 is 2.48 bits per heavy atom. The Hall–Kier alpha value is -1.63. The van der Waals surface area contributed by atoms with Crippen LogP contribution in [0.25, 0.3) is 0 Å². The van der Waals surface area contributed by atoms with Crippen molar-refractivity contribution in [3.8, 4) is 0 Å². The van der Waals surface area contributed by atoms with Crippen molar-refractivity contribution in [1.82, 2.24) is 9.80 Å². The summed E-state index contributed by atoms with van der Waals surface area (Å²) in [6, 6.07) is -0.912. The van der Waals surface area contributed by atoms with Gasteiger partial charge >= 0.3 is 5.97 Å². The Morgan fingerprint density at radius 1 is 1.24 bits per heavy atom. The molecule has 7 heteroatoms. The number of hydrogen-bond acceptors (Lipinski definition) is 4. The van der Waals surface area contributed by atoms with Crippen LogP contribution in [0, 0.1) is 0 Å². The predicted molar refractivity (Wildman–Crippen MR) is 75.7 cm³/mol. The lowest BCUT2D eigenvalue weighted by Gasteiger charge is -2.33. The minimum atomic E-state index is -1.05. The second kappa shape index (κ2) is 8.61. The second-order valence-electron chi connectivity index (χ2n) is 4.94. The molecule has 2 amide bonds. The van der Waals surface area contributed by atoms with Gasteiger partial charge in [-0.25, -0.2) is 4.79 Å². The summed E-state index contributed by atoms with van der Waals surface area (Å²) in [5, 5.41) is 9.07. The molecule has 0 aromatic rings. The Labute approximate surface area is 124 Å².